The third-order valence-electron chi connectivity index (χ3n) is 3.24. The molecule has 1 aliphatic carbocycles. The highest BCUT2D eigenvalue weighted by atomic mass is 35.5. The van der Waals surface area contributed by atoms with Gasteiger partial charge in [0.2, 0.25) is 0 Å². The van der Waals surface area contributed by atoms with Gasteiger partial charge in [-0.3, -0.25) is 4.79 Å². The van der Waals surface area contributed by atoms with Crippen molar-refractivity contribution in [2.75, 3.05) is 6.61 Å². The highest BCUT2D eigenvalue weighted by molar-refractivity contribution is 6.42. The first-order chi connectivity index (χ1) is 8.54. The molecule has 3 nitrogen and oxygen atoms in total. The monoisotopic (exact) mass is 287 g/mol. The fraction of sp³-hybridized carbons (Fsp3) is 0.462. The Kier molecular flexibility index (Phi) is 4.15. The van der Waals surface area contributed by atoms with Crippen molar-refractivity contribution < 1.29 is 9.53 Å². The summed E-state index contributed by atoms with van der Waals surface area (Å²) >= 11 is 12.2. The van der Waals surface area contributed by atoms with Crippen LogP contribution in [0.4, 0.5) is 0 Å². The van der Waals surface area contributed by atoms with Gasteiger partial charge in [0.05, 0.1) is 22.6 Å². The molecule has 1 aromatic rings. The molecule has 0 fully saturated rings. The normalized spacial score (nSPS) is 22.4. The number of carbonyl (C=O) groups excluding carboxylic acids is 1. The molecule has 0 heterocycles. The number of benzene rings is 1. The second-order valence-electron chi connectivity index (χ2n) is 4.42. The topological polar surface area (TPSA) is 52.3 Å². The molecule has 0 aromatic heterocycles. The van der Waals surface area contributed by atoms with Crippen LogP contribution in [0.3, 0.4) is 0 Å². The highest BCUT2D eigenvalue weighted by Crippen LogP contribution is 2.39. The lowest BCUT2D eigenvalue weighted by atomic mass is 9.81. The Labute approximate surface area is 116 Å². The Hall–Kier alpha value is -0.770. The lowest BCUT2D eigenvalue weighted by Gasteiger charge is -2.29. The van der Waals surface area contributed by atoms with Crippen molar-refractivity contribution in [2.45, 2.75) is 25.8 Å². The summed E-state index contributed by atoms with van der Waals surface area (Å²) in [4.78, 5) is 11.8. The molecule has 0 radical (unpaired) electrons. The average Bonchev–Trinajstić information content (AvgIpc) is 2.34. The van der Waals surface area contributed by atoms with E-state index in [0.29, 0.717) is 29.5 Å². The van der Waals surface area contributed by atoms with Crippen molar-refractivity contribution in [1.82, 2.24) is 0 Å². The molecule has 0 unspecified atom stereocenters. The van der Waals surface area contributed by atoms with E-state index in [0.717, 1.165) is 11.1 Å². The third-order valence-corrected chi connectivity index (χ3v) is 4.08. The summed E-state index contributed by atoms with van der Waals surface area (Å²) in [5.74, 6) is -0.446. The van der Waals surface area contributed by atoms with Gasteiger partial charge in [-0.2, -0.15) is 0 Å². The van der Waals surface area contributed by atoms with Gasteiger partial charge in [0.1, 0.15) is 0 Å². The number of halogens is 2. The summed E-state index contributed by atoms with van der Waals surface area (Å²) in [7, 11) is 0. The number of fused-ring (bicyclic) bond motifs is 1. The summed E-state index contributed by atoms with van der Waals surface area (Å²) in [5, 5.41) is 0.991. The lowest BCUT2D eigenvalue weighted by molar-refractivity contribution is -0.148. The zero-order chi connectivity index (χ0) is 13.3. The molecule has 98 valence electrons. The molecule has 1 aliphatic rings. The van der Waals surface area contributed by atoms with E-state index in [9.17, 15) is 4.79 Å². The first-order valence-corrected chi connectivity index (χ1v) is 6.69. The van der Waals surface area contributed by atoms with E-state index >= 15 is 0 Å². The van der Waals surface area contributed by atoms with Gasteiger partial charge in [-0.1, -0.05) is 29.3 Å². The minimum Gasteiger partial charge on any atom is -0.466 e. The predicted octanol–water partition coefficient (Wildman–Crippen LogP) is 3.12. The van der Waals surface area contributed by atoms with E-state index < -0.39 is 0 Å². The summed E-state index contributed by atoms with van der Waals surface area (Å²) in [6, 6.07) is 3.43. The SMILES string of the molecule is CCOC(=O)[C@H]1Cc2c(ccc(Cl)c2Cl)[C@H](N)C1. The van der Waals surface area contributed by atoms with Gasteiger partial charge in [0, 0.05) is 6.04 Å². The second-order valence-corrected chi connectivity index (χ2v) is 5.21. The molecule has 0 saturated carbocycles. The molecule has 0 amide bonds. The molecule has 2 N–H and O–H groups in total. The highest BCUT2D eigenvalue weighted by Gasteiger charge is 2.32. The summed E-state index contributed by atoms with van der Waals surface area (Å²) < 4.78 is 5.04. The van der Waals surface area contributed by atoms with Crippen LogP contribution in [-0.2, 0) is 16.0 Å². The van der Waals surface area contributed by atoms with Gasteiger partial charge in [0.25, 0.3) is 0 Å². The standard InChI is InChI=1S/C13H15Cl2NO2/c1-2-18-13(17)7-5-9-8(11(16)6-7)3-4-10(14)12(9)15/h3-4,7,11H,2,5-6,16H2,1H3/t7-,11+/m0/s1. The molecule has 2 rings (SSSR count). The zero-order valence-electron chi connectivity index (χ0n) is 10.1. The van der Waals surface area contributed by atoms with E-state index in [-0.39, 0.29) is 17.9 Å². The first kappa shape index (κ1) is 13.7. The van der Waals surface area contributed by atoms with Crippen molar-refractivity contribution in [2.24, 2.45) is 11.7 Å². The molecular formula is C13H15Cl2NO2. The lowest BCUT2D eigenvalue weighted by Crippen LogP contribution is -2.30. The zero-order valence-corrected chi connectivity index (χ0v) is 11.6. The molecule has 0 saturated heterocycles. The molecule has 18 heavy (non-hydrogen) atoms. The molecule has 0 bridgehead atoms. The second kappa shape index (κ2) is 5.47. The van der Waals surface area contributed by atoms with Crippen molar-refractivity contribution in [1.29, 1.82) is 0 Å². The van der Waals surface area contributed by atoms with Crippen molar-refractivity contribution in [3.05, 3.63) is 33.3 Å². The van der Waals surface area contributed by atoms with Gasteiger partial charge >= 0.3 is 5.97 Å². The van der Waals surface area contributed by atoms with E-state index in [4.69, 9.17) is 33.7 Å². The quantitative estimate of drug-likeness (QED) is 0.851. The third kappa shape index (κ3) is 2.48. The molecule has 0 spiro atoms. The molecule has 0 aliphatic heterocycles. The van der Waals surface area contributed by atoms with Gasteiger partial charge in [-0.15, -0.1) is 0 Å². The fourth-order valence-electron chi connectivity index (χ4n) is 2.37. The van der Waals surface area contributed by atoms with Gasteiger partial charge < -0.3 is 10.5 Å². The van der Waals surface area contributed by atoms with Crippen LogP contribution in [-0.4, -0.2) is 12.6 Å². The van der Waals surface area contributed by atoms with Gasteiger partial charge in [0.15, 0.2) is 0 Å². The Morgan fingerprint density at radius 1 is 1.50 bits per heavy atom. The number of carbonyl (C=O) groups is 1. The predicted molar refractivity (Wildman–Crippen MR) is 71.8 cm³/mol. The first-order valence-electron chi connectivity index (χ1n) is 5.93. The number of esters is 1. The maximum atomic E-state index is 11.8. The largest absolute Gasteiger partial charge is 0.466 e. The maximum Gasteiger partial charge on any atom is 0.309 e. The number of hydrogen-bond acceptors (Lipinski definition) is 3. The maximum absolute atomic E-state index is 11.8. The average molecular weight is 288 g/mol. The van der Waals surface area contributed by atoms with Gasteiger partial charge in [-0.25, -0.2) is 0 Å². The Balaban J connectivity index is 2.32. The molecule has 5 heteroatoms. The van der Waals surface area contributed by atoms with E-state index in [1.807, 2.05) is 6.07 Å². The van der Waals surface area contributed by atoms with E-state index in [1.54, 1.807) is 13.0 Å². The van der Waals surface area contributed by atoms with Crippen LogP contribution in [0.5, 0.6) is 0 Å². The Morgan fingerprint density at radius 3 is 2.89 bits per heavy atom. The van der Waals surface area contributed by atoms with Gasteiger partial charge in [-0.05, 0) is 37.0 Å². The number of ether oxygens (including phenoxy) is 1. The summed E-state index contributed by atoms with van der Waals surface area (Å²) in [6.07, 6.45) is 1.13. The van der Waals surface area contributed by atoms with Crippen molar-refractivity contribution in [3.63, 3.8) is 0 Å². The van der Waals surface area contributed by atoms with Crippen LogP contribution in [0, 0.1) is 5.92 Å². The Bertz CT molecular complexity index is 476. The van der Waals surface area contributed by atoms with E-state index in [1.165, 1.54) is 0 Å². The number of rotatable bonds is 2. The number of nitrogens with two attached hydrogens (primary N) is 1. The van der Waals surface area contributed by atoms with Crippen LogP contribution < -0.4 is 5.73 Å². The number of hydrogen-bond donors (Lipinski definition) is 1. The van der Waals surface area contributed by atoms with Crippen LogP contribution in [0.15, 0.2) is 12.1 Å². The van der Waals surface area contributed by atoms with Crippen LogP contribution in [0.25, 0.3) is 0 Å². The fourth-order valence-corrected chi connectivity index (χ4v) is 2.79. The van der Waals surface area contributed by atoms with Crippen LogP contribution in [0.2, 0.25) is 10.0 Å². The minimum absolute atomic E-state index is 0.196. The van der Waals surface area contributed by atoms with Crippen molar-refractivity contribution >= 4 is 29.2 Å². The van der Waals surface area contributed by atoms with Crippen LogP contribution >= 0.6 is 23.2 Å². The molecular weight excluding hydrogens is 273 g/mol. The Morgan fingerprint density at radius 2 is 2.22 bits per heavy atom. The molecule has 2 atom stereocenters. The van der Waals surface area contributed by atoms with E-state index in [2.05, 4.69) is 0 Å². The summed E-state index contributed by atoms with van der Waals surface area (Å²) in [6.45, 7) is 2.17. The van der Waals surface area contributed by atoms with Crippen molar-refractivity contribution in [3.8, 4) is 0 Å². The smallest absolute Gasteiger partial charge is 0.309 e. The summed E-state index contributed by atoms with van der Waals surface area (Å²) in [5.41, 5.74) is 7.93. The van der Waals surface area contributed by atoms with Crippen LogP contribution in [0.1, 0.15) is 30.5 Å². The molecule has 1 aromatic carbocycles. The minimum atomic E-state index is -0.233.